The predicted molar refractivity (Wildman–Crippen MR) is 74.2 cm³/mol. The highest BCUT2D eigenvalue weighted by atomic mass is 14.7. The van der Waals surface area contributed by atoms with E-state index in [0.717, 1.165) is 23.4 Å². The van der Waals surface area contributed by atoms with E-state index in [0.29, 0.717) is 5.92 Å². The minimum atomic E-state index is 0.268. The van der Waals surface area contributed by atoms with Gasteiger partial charge in [0.25, 0.3) is 0 Å². The van der Waals surface area contributed by atoms with Gasteiger partial charge in [0.15, 0.2) is 0 Å². The Hall–Kier alpha value is -0.890. The van der Waals surface area contributed by atoms with Crippen LogP contribution in [0.2, 0.25) is 0 Å². The third-order valence-electron chi connectivity index (χ3n) is 5.26. The molecule has 2 aliphatic rings. The third-order valence-corrected chi connectivity index (χ3v) is 5.26. The lowest BCUT2D eigenvalue weighted by Crippen LogP contribution is -2.31. The van der Waals surface area contributed by atoms with Gasteiger partial charge in [-0.3, -0.25) is 4.98 Å². The molecule has 0 radical (unpaired) electrons. The van der Waals surface area contributed by atoms with Crippen LogP contribution in [-0.4, -0.2) is 11.0 Å². The van der Waals surface area contributed by atoms with Gasteiger partial charge in [0, 0.05) is 23.9 Å². The zero-order valence-corrected chi connectivity index (χ0v) is 11.3. The first-order valence-corrected chi connectivity index (χ1v) is 7.40. The van der Waals surface area contributed by atoms with Crippen LogP contribution in [0.25, 0.3) is 0 Å². The summed E-state index contributed by atoms with van der Waals surface area (Å²) in [5.41, 5.74) is 7.57. The number of pyridine rings is 1. The van der Waals surface area contributed by atoms with Crippen LogP contribution in [0.3, 0.4) is 0 Å². The lowest BCUT2D eigenvalue weighted by atomic mass is 9.81. The van der Waals surface area contributed by atoms with Gasteiger partial charge in [-0.1, -0.05) is 19.4 Å². The lowest BCUT2D eigenvalue weighted by molar-refractivity contribution is 0.284. The molecule has 2 N–H and O–H groups in total. The van der Waals surface area contributed by atoms with E-state index >= 15 is 0 Å². The van der Waals surface area contributed by atoms with E-state index in [4.69, 9.17) is 5.73 Å². The minimum absolute atomic E-state index is 0.268. The molecule has 2 nitrogen and oxygen atoms in total. The van der Waals surface area contributed by atoms with Crippen molar-refractivity contribution >= 4 is 0 Å². The molecule has 2 saturated carbocycles. The summed E-state index contributed by atoms with van der Waals surface area (Å²) in [7, 11) is 0. The Morgan fingerprint density at radius 3 is 2.83 bits per heavy atom. The van der Waals surface area contributed by atoms with Gasteiger partial charge in [-0.25, -0.2) is 0 Å². The first kappa shape index (κ1) is 12.2. The molecule has 5 unspecified atom stereocenters. The Balaban J connectivity index is 1.60. The van der Waals surface area contributed by atoms with E-state index in [2.05, 4.69) is 24.0 Å². The number of hydrogen-bond donors (Lipinski definition) is 1. The zero-order valence-electron chi connectivity index (χ0n) is 11.3. The van der Waals surface area contributed by atoms with Gasteiger partial charge in [0.2, 0.25) is 0 Å². The van der Waals surface area contributed by atoms with Crippen molar-refractivity contribution in [3.63, 3.8) is 0 Å². The van der Waals surface area contributed by atoms with E-state index in [-0.39, 0.29) is 6.04 Å². The van der Waals surface area contributed by atoms with Gasteiger partial charge in [-0.15, -0.1) is 0 Å². The maximum atomic E-state index is 6.42. The fraction of sp³-hybridized carbons (Fsp3) is 0.688. The lowest BCUT2D eigenvalue weighted by Gasteiger charge is -2.27. The Kier molecular flexibility index (Phi) is 3.38. The van der Waals surface area contributed by atoms with Crippen LogP contribution >= 0.6 is 0 Å². The smallest absolute Gasteiger partial charge is 0.0447 e. The predicted octanol–water partition coefficient (Wildman–Crippen LogP) is 3.34. The molecule has 0 aromatic carbocycles. The maximum absolute atomic E-state index is 6.42. The standard InChI is InChI=1S/C16H24N2/c1-11(16-4-2-3-7-18-16)15(17)10-14-9-12-5-6-13(14)8-12/h2-4,7,11-15H,5-6,8-10,17H2,1H3. The summed E-state index contributed by atoms with van der Waals surface area (Å²) in [5.74, 6) is 3.28. The molecule has 0 aliphatic heterocycles. The highest BCUT2D eigenvalue weighted by Gasteiger charge is 2.40. The summed E-state index contributed by atoms with van der Waals surface area (Å²) in [6.07, 6.45) is 8.92. The van der Waals surface area contributed by atoms with Gasteiger partial charge in [-0.05, 0) is 55.6 Å². The van der Waals surface area contributed by atoms with Crippen LogP contribution < -0.4 is 5.73 Å². The Labute approximate surface area is 110 Å². The average molecular weight is 244 g/mol. The number of hydrogen-bond acceptors (Lipinski definition) is 2. The molecular weight excluding hydrogens is 220 g/mol. The molecular formula is C16H24N2. The molecule has 2 bridgehead atoms. The second-order valence-corrected chi connectivity index (χ2v) is 6.38. The van der Waals surface area contributed by atoms with Crippen LogP contribution in [0.5, 0.6) is 0 Å². The Morgan fingerprint density at radius 1 is 1.33 bits per heavy atom. The van der Waals surface area contributed by atoms with Crippen LogP contribution in [0.15, 0.2) is 24.4 Å². The topological polar surface area (TPSA) is 38.9 Å². The highest BCUT2D eigenvalue weighted by Crippen LogP contribution is 2.50. The largest absolute Gasteiger partial charge is 0.327 e. The monoisotopic (exact) mass is 244 g/mol. The van der Waals surface area contributed by atoms with Crippen LogP contribution in [0.4, 0.5) is 0 Å². The van der Waals surface area contributed by atoms with Crippen LogP contribution in [-0.2, 0) is 0 Å². The maximum Gasteiger partial charge on any atom is 0.0447 e. The molecule has 1 aromatic heterocycles. The number of nitrogens with zero attached hydrogens (tertiary/aromatic N) is 1. The molecule has 1 aromatic rings. The number of aromatic nitrogens is 1. The zero-order chi connectivity index (χ0) is 12.5. The highest BCUT2D eigenvalue weighted by molar-refractivity contribution is 5.11. The molecule has 18 heavy (non-hydrogen) atoms. The summed E-state index contributed by atoms with van der Waals surface area (Å²) in [6.45, 7) is 2.22. The summed E-state index contributed by atoms with van der Waals surface area (Å²) < 4.78 is 0. The second-order valence-electron chi connectivity index (χ2n) is 6.38. The van der Waals surface area contributed by atoms with Crippen molar-refractivity contribution in [3.8, 4) is 0 Å². The van der Waals surface area contributed by atoms with Gasteiger partial charge < -0.3 is 5.73 Å². The van der Waals surface area contributed by atoms with Crippen molar-refractivity contribution in [2.45, 2.75) is 51.0 Å². The molecule has 0 saturated heterocycles. The van der Waals surface area contributed by atoms with Gasteiger partial charge in [-0.2, -0.15) is 0 Å². The van der Waals surface area contributed by atoms with Crippen molar-refractivity contribution in [3.05, 3.63) is 30.1 Å². The number of nitrogens with two attached hydrogens (primary N) is 1. The van der Waals surface area contributed by atoms with E-state index < -0.39 is 0 Å². The van der Waals surface area contributed by atoms with Crippen molar-refractivity contribution < 1.29 is 0 Å². The van der Waals surface area contributed by atoms with Crippen molar-refractivity contribution in [2.75, 3.05) is 0 Å². The van der Waals surface area contributed by atoms with Gasteiger partial charge >= 0.3 is 0 Å². The minimum Gasteiger partial charge on any atom is -0.327 e. The first-order chi connectivity index (χ1) is 8.74. The third kappa shape index (κ3) is 2.31. The van der Waals surface area contributed by atoms with E-state index in [1.165, 1.54) is 32.1 Å². The Bertz CT molecular complexity index is 389. The van der Waals surface area contributed by atoms with Crippen LogP contribution in [0, 0.1) is 17.8 Å². The van der Waals surface area contributed by atoms with Crippen molar-refractivity contribution in [1.29, 1.82) is 0 Å². The van der Waals surface area contributed by atoms with Gasteiger partial charge in [0.05, 0.1) is 0 Å². The van der Waals surface area contributed by atoms with Crippen molar-refractivity contribution in [2.24, 2.45) is 23.5 Å². The van der Waals surface area contributed by atoms with E-state index in [1.807, 2.05) is 12.3 Å². The fourth-order valence-electron chi connectivity index (χ4n) is 4.08. The molecule has 1 heterocycles. The fourth-order valence-corrected chi connectivity index (χ4v) is 4.08. The van der Waals surface area contributed by atoms with Gasteiger partial charge in [0.1, 0.15) is 0 Å². The molecule has 98 valence electrons. The summed E-state index contributed by atoms with van der Waals surface area (Å²) in [4.78, 5) is 4.44. The SMILES string of the molecule is CC(c1ccccn1)C(N)CC1CC2CCC1C2. The summed E-state index contributed by atoms with van der Waals surface area (Å²) >= 11 is 0. The van der Waals surface area contributed by atoms with E-state index in [9.17, 15) is 0 Å². The quantitative estimate of drug-likeness (QED) is 0.882. The van der Waals surface area contributed by atoms with E-state index in [1.54, 1.807) is 0 Å². The van der Waals surface area contributed by atoms with Crippen molar-refractivity contribution in [1.82, 2.24) is 4.98 Å². The molecule has 0 amide bonds. The molecule has 5 atom stereocenters. The molecule has 3 rings (SSSR count). The summed E-state index contributed by atoms with van der Waals surface area (Å²) in [5, 5.41) is 0. The second kappa shape index (κ2) is 5.00. The number of fused-ring (bicyclic) bond motifs is 2. The summed E-state index contributed by atoms with van der Waals surface area (Å²) in [6, 6.07) is 6.40. The molecule has 0 spiro atoms. The first-order valence-electron chi connectivity index (χ1n) is 7.40. The van der Waals surface area contributed by atoms with Crippen LogP contribution in [0.1, 0.15) is 50.6 Å². The molecule has 2 heteroatoms. The normalized spacial score (nSPS) is 33.6. The Morgan fingerprint density at radius 2 is 2.22 bits per heavy atom. The average Bonchev–Trinajstić information content (AvgIpc) is 3.01. The molecule has 2 aliphatic carbocycles. The number of rotatable bonds is 4. The molecule has 2 fully saturated rings.